The molecule has 1 aromatic heterocycles. The SMILES string of the molecule is Cc1c(C(CN)N2CCOc3ccccc3C2)cnn1C. The summed E-state index contributed by atoms with van der Waals surface area (Å²) in [5.74, 6) is 0.985. The van der Waals surface area contributed by atoms with Crippen molar-refractivity contribution in [2.45, 2.75) is 19.5 Å². The van der Waals surface area contributed by atoms with Crippen molar-refractivity contribution in [2.24, 2.45) is 12.8 Å². The van der Waals surface area contributed by atoms with Gasteiger partial charge in [-0.3, -0.25) is 9.58 Å². The topological polar surface area (TPSA) is 56.3 Å². The summed E-state index contributed by atoms with van der Waals surface area (Å²) in [5, 5.41) is 4.35. The lowest BCUT2D eigenvalue weighted by atomic mass is 10.1. The number of rotatable bonds is 3. The molecular formula is C16H22N4O. The van der Waals surface area contributed by atoms with Crippen LogP contribution in [0.3, 0.4) is 0 Å². The Bertz CT molecular complexity index is 622. The number of nitrogens with two attached hydrogens (primary N) is 1. The standard InChI is InChI=1S/C16H22N4O/c1-12-14(10-18-19(12)2)15(9-17)20-7-8-21-16-6-4-3-5-13(16)11-20/h3-6,10,15H,7-9,11,17H2,1-2H3. The van der Waals surface area contributed by atoms with E-state index < -0.39 is 0 Å². The first-order chi connectivity index (χ1) is 10.2. The average molecular weight is 286 g/mol. The van der Waals surface area contributed by atoms with Crippen LogP contribution in [0.2, 0.25) is 0 Å². The predicted molar refractivity (Wildman–Crippen MR) is 82.1 cm³/mol. The molecule has 0 bridgehead atoms. The largest absolute Gasteiger partial charge is 0.492 e. The van der Waals surface area contributed by atoms with Gasteiger partial charge in [0, 0.05) is 43.5 Å². The van der Waals surface area contributed by atoms with E-state index >= 15 is 0 Å². The van der Waals surface area contributed by atoms with Crippen LogP contribution in [0.1, 0.15) is 22.9 Å². The van der Waals surface area contributed by atoms with Crippen LogP contribution >= 0.6 is 0 Å². The van der Waals surface area contributed by atoms with Gasteiger partial charge in [-0.05, 0) is 13.0 Å². The number of nitrogens with zero attached hydrogens (tertiary/aromatic N) is 3. The molecule has 1 atom stereocenters. The molecule has 5 heteroatoms. The van der Waals surface area contributed by atoms with Crippen LogP contribution in [0.25, 0.3) is 0 Å². The molecule has 2 heterocycles. The van der Waals surface area contributed by atoms with Crippen LogP contribution in [-0.4, -0.2) is 34.4 Å². The number of hydrogen-bond acceptors (Lipinski definition) is 4. The first kappa shape index (κ1) is 14.1. The van der Waals surface area contributed by atoms with Crippen molar-refractivity contribution in [3.8, 4) is 5.75 Å². The highest BCUT2D eigenvalue weighted by molar-refractivity contribution is 5.34. The monoisotopic (exact) mass is 286 g/mol. The van der Waals surface area contributed by atoms with Gasteiger partial charge in [-0.2, -0.15) is 5.10 Å². The zero-order valence-electron chi connectivity index (χ0n) is 12.6. The number of benzene rings is 1. The van der Waals surface area contributed by atoms with Crippen molar-refractivity contribution < 1.29 is 4.74 Å². The van der Waals surface area contributed by atoms with Gasteiger partial charge in [-0.25, -0.2) is 0 Å². The Balaban J connectivity index is 1.89. The first-order valence-electron chi connectivity index (χ1n) is 7.34. The Morgan fingerprint density at radius 2 is 2.19 bits per heavy atom. The lowest BCUT2D eigenvalue weighted by Gasteiger charge is -2.29. The van der Waals surface area contributed by atoms with Gasteiger partial charge in [-0.1, -0.05) is 18.2 Å². The minimum Gasteiger partial charge on any atom is -0.492 e. The molecule has 2 aromatic rings. The fraction of sp³-hybridized carbons (Fsp3) is 0.438. The van der Waals surface area contributed by atoms with Crippen LogP contribution in [0.15, 0.2) is 30.5 Å². The van der Waals surface area contributed by atoms with Crippen LogP contribution in [-0.2, 0) is 13.6 Å². The molecule has 1 aromatic carbocycles. The van der Waals surface area contributed by atoms with Gasteiger partial charge in [0.05, 0.1) is 12.2 Å². The number of para-hydroxylation sites is 1. The molecule has 3 rings (SSSR count). The number of fused-ring (bicyclic) bond motifs is 1. The Kier molecular flexibility index (Phi) is 3.94. The maximum absolute atomic E-state index is 6.07. The molecule has 0 radical (unpaired) electrons. The first-order valence-corrected chi connectivity index (χ1v) is 7.34. The summed E-state index contributed by atoms with van der Waals surface area (Å²) in [6.07, 6.45) is 1.94. The van der Waals surface area contributed by atoms with Gasteiger partial charge in [0.15, 0.2) is 0 Å². The third-order valence-electron chi connectivity index (χ3n) is 4.28. The van der Waals surface area contributed by atoms with E-state index in [1.54, 1.807) is 0 Å². The molecule has 21 heavy (non-hydrogen) atoms. The second-order valence-electron chi connectivity index (χ2n) is 5.49. The van der Waals surface area contributed by atoms with Crippen LogP contribution in [0, 0.1) is 6.92 Å². The summed E-state index contributed by atoms with van der Waals surface area (Å²) in [5.41, 5.74) is 9.66. The lowest BCUT2D eigenvalue weighted by Crippen LogP contribution is -2.35. The summed E-state index contributed by atoms with van der Waals surface area (Å²) in [6.45, 7) is 5.08. The van der Waals surface area contributed by atoms with Crippen molar-refractivity contribution in [1.29, 1.82) is 0 Å². The number of aryl methyl sites for hydroxylation is 1. The molecule has 112 valence electrons. The fourth-order valence-electron chi connectivity index (χ4n) is 2.93. The Morgan fingerprint density at radius 1 is 1.38 bits per heavy atom. The minimum absolute atomic E-state index is 0.174. The highest BCUT2D eigenvalue weighted by Crippen LogP contribution is 2.29. The summed E-state index contributed by atoms with van der Waals surface area (Å²) < 4.78 is 7.74. The van der Waals surface area contributed by atoms with E-state index in [1.807, 2.05) is 30.1 Å². The lowest BCUT2D eigenvalue weighted by molar-refractivity contribution is 0.172. The minimum atomic E-state index is 0.174. The third-order valence-corrected chi connectivity index (χ3v) is 4.28. The van der Waals surface area contributed by atoms with Gasteiger partial charge in [0.1, 0.15) is 12.4 Å². The maximum atomic E-state index is 6.07. The molecule has 5 nitrogen and oxygen atoms in total. The van der Waals surface area contributed by atoms with Crippen molar-refractivity contribution in [3.05, 3.63) is 47.3 Å². The second-order valence-corrected chi connectivity index (χ2v) is 5.49. The number of aromatic nitrogens is 2. The Morgan fingerprint density at radius 3 is 2.90 bits per heavy atom. The highest BCUT2D eigenvalue weighted by Gasteiger charge is 2.25. The van der Waals surface area contributed by atoms with Crippen LogP contribution < -0.4 is 10.5 Å². The van der Waals surface area contributed by atoms with Gasteiger partial charge >= 0.3 is 0 Å². The van der Waals surface area contributed by atoms with Crippen LogP contribution in [0.5, 0.6) is 5.75 Å². The molecule has 1 unspecified atom stereocenters. The number of hydrogen-bond donors (Lipinski definition) is 1. The van der Waals surface area contributed by atoms with E-state index in [4.69, 9.17) is 10.5 Å². The van der Waals surface area contributed by atoms with Crippen molar-refractivity contribution in [1.82, 2.24) is 14.7 Å². The molecule has 1 aliphatic heterocycles. The quantitative estimate of drug-likeness (QED) is 0.931. The zero-order valence-corrected chi connectivity index (χ0v) is 12.6. The summed E-state index contributed by atoms with van der Waals surface area (Å²) in [7, 11) is 1.97. The Hall–Kier alpha value is -1.85. The normalized spacial score (nSPS) is 16.9. The van der Waals surface area contributed by atoms with Gasteiger partial charge < -0.3 is 10.5 Å². The van der Waals surface area contributed by atoms with Gasteiger partial charge in [-0.15, -0.1) is 0 Å². The zero-order chi connectivity index (χ0) is 14.8. The van der Waals surface area contributed by atoms with Gasteiger partial charge in [0.25, 0.3) is 0 Å². The van der Waals surface area contributed by atoms with Crippen molar-refractivity contribution in [2.75, 3.05) is 19.7 Å². The molecule has 0 spiro atoms. The highest BCUT2D eigenvalue weighted by atomic mass is 16.5. The van der Waals surface area contributed by atoms with E-state index in [1.165, 1.54) is 16.8 Å². The maximum Gasteiger partial charge on any atom is 0.123 e. The summed E-state index contributed by atoms with van der Waals surface area (Å²) >= 11 is 0. The van der Waals surface area contributed by atoms with E-state index in [9.17, 15) is 0 Å². The average Bonchev–Trinajstić information content (AvgIpc) is 2.72. The summed E-state index contributed by atoms with van der Waals surface area (Å²) in [6, 6.07) is 8.40. The van der Waals surface area contributed by atoms with E-state index in [0.717, 1.165) is 18.8 Å². The molecule has 0 saturated heterocycles. The molecule has 0 amide bonds. The fourth-order valence-corrected chi connectivity index (χ4v) is 2.93. The third kappa shape index (κ3) is 2.66. The molecule has 2 N–H and O–H groups in total. The van der Waals surface area contributed by atoms with Crippen molar-refractivity contribution >= 4 is 0 Å². The second kappa shape index (κ2) is 5.87. The molecule has 0 saturated carbocycles. The number of ether oxygens (including phenoxy) is 1. The molecular weight excluding hydrogens is 264 g/mol. The van der Waals surface area contributed by atoms with E-state index in [2.05, 4.69) is 29.1 Å². The Labute approximate surface area is 125 Å². The molecule has 0 aliphatic carbocycles. The van der Waals surface area contributed by atoms with Gasteiger partial charge in [0.2, 0.25) is 0 Å². The summed E-state index contributed by atoms with van der Waals surface area (Å²) in [4.78, 5) is 2.38. The van der Waals surface area contributed by atoms with Crippen molar-refractivity contribution in [3.63, 3.8) is 0 Å². The van der Waals surface area contributed by atoms with E-state index in [0.29, 0.717) is 13.2 Å². The molecule has 0 fully saturated rings. The predicted octanol–water partition coefficient (Wildman–Crippen LogP) is 1.62. The molecule has 1 aliphatic rings. The van der Waals surface area contributed by atoms with E-state index in [-0.39, 0.29) is 6.04 Å². The smallest absolute Gasteiger partial charge is 0.123 e. The van der Waals surface area contributed by atoms with Crippen LogP contribution in [0.4, 0.5) is 0 Å².